The number of carbonyl (C=O) groups is 1. The van der Waals surface area contributed by atoms with Crippen molar-refractivity contribution in [2.75, 3.05) is 0 Å². The van der Waals surface area contributed by atoms with Gasteiger partial charge in [-0.15, -0.1) is 0 Å². The van der Waals surface area contributed by atoms with Crippen molar-refractivity contribution in [3.63, 3.8) is 0 Å². The summed E-state index contributed by atoms with van der Waals surface area (Å²) in [5.74, 6) is -0.745. The average molecular weight is 98.1 g/mol. The zero-order valence-corrected chi connectivity index (χ0v) is 6.06. The molecule has 0 amide bonds. The van der Waals surface area contributed by atoms with Crippen LogP contribution >= 0.6 is 0 Å². The van der Waals surface area contributed by atoms with E-state index in [4.69, 9.17) is 5.11 Å². The smallest absolute Gasteiger partial charge is 0.303 e. The summed E-state index contributed by atoms with van der Waals surface area (Å²) >= 11 is 0. The van der Waals surface area contributed by atoms with Gasteiger partial charge in [0.05, 0.1) is 0 Å². The molecule has 0 heterocycles. The maximum absolute atomic E-state index is 9.37. The van der Waals surface area contributed by atoms with Gasteiger partial charge in [-0.05, 0) is 0 Å². The minimum Gasteiger partial charge on any atom is -0.481 e. The van der Waals surface area contributed by atoms with E-state index in [-0.39, 0.29) is 36.0 Å². The second-order valence-electron chi connectivity index (χ2n) is 0.747. The molecule has 0 aromatic heterocycles. The molecule has 1 N–H and O–H groups in total. The van der Waals surface area contributed by atoms with Crippen molar-refractivity contribution in [1.29, 1.82) is 0 Å². The van der Waals surface area contributed by atoms with Gasteiger partial charge in [-0.3, -0.25) is 4.79 Å². The SMILES string of the molecule is [13CH3]CC(=O)O.[Na]. The fraction of sp³-hybridized carbons (Fsp3) is 0.667. The number of hydrogen-bond donors (Lipinski definition) is 1. The Kier molecular flexibility index (Phi) is 8.83. The first-order valence-electron chi connectivity index (χ1n) is 1.49. The zero-order chi connectivity index (χ0) is 4.28. The molecule has 0 aliphatic heterocycles. The van der Waals surface area contributed by atoms with Gasteiger partial charge in [-0.25, -0.2) is 0 Å². The Balaban J connectivity index is 0. The molecule has 0 atom stereocenters. The van der Waals surface area contributed by atoms with Gasteiger partial charge in [0.25, 0.3) is 0 Å². The van der Waals surface area contributed by atoms with E-state index in [1.165, 1.54) is 0 Å². The Morgan fingerprint density at radius 3 is 2.00 bits per heavy atom. The van der Waals surface area contributed by atoms with Gasteiger partial charge in [0.2, 0.25) is 0 Å². The van der Waals surface area contributed by atoms with Crippen LogP contribution in [0.2, 0.25) is 0 Å². The molecule has 1 radical (unpaired) electrons. The third kappa shape index (κ3) is 8.82. The fourth-order valence-corrected chi connectivity index (χ4v) is 0. The first kappa shape index (κ1) is 9.69. The summed E-state index contributed by atoms with van der Waals surface area (Å²) in [5, 5.41) is 7.72. The summed E-state index contributed by atoms with van der Waals surface area (Å²) in [7, 11) is 0. The Bertz CT molecular complexity index is 44.1. The first-order chi connectivity index (χ1) is 2.27. The average Bonchev–Trinajstić information content (AvgIpc) is 1.38. The van der Waals surface area contributed by atoms with E-state index in [1.807, 2.05) is 0 Å². The number of aliphatic carboxylic acids is 1. The maximum atomic E-state index is 9.37. The summed E-state index contributed by atoms with van der Waals surface area (Å²) in [6, 6.07) is 0. The van der Waals surface area contributed by atoms with Crippen LogP contribution in [0.1, 0.15) is 13.3 Å². The Hall–Kier alpha value is 0.470. The molecule has 2 nitrogen and oxygen atoms in total. The molecule has 3 heteroatoms. The summed E-state index contributed by atoms with van der Waals surface area (Å²) in [4.78, 5) is 9.37. The Morgan fingerprint density at radius 1 is 1.83 bits per heavy atom. The van der Waals surface area contributed by atoms with Crippen molar-refractivity contribution in [2.45, 2.75) is 13.3 Å². The molecule has 0 aromatic carbocycles. The van der Waals surface area contributed by atoms with E-state index in [9.17, 15) is 4.79 Å². The van der Waals surface area contributed by atoms with Crippen LogP contribution in [-0.4, -0.2) is 40.6 Å². The predicted octanol–water partition coefficient (Wildman–Crippen LogP) is 0.100. The molecule has 0 bridgehead atoms. The molecule has 0 aliphatic rings. The van der Waals surface area contributed by atoms with Crippen molar-refractivity contribution in [3.05, 3.63) is 0 Å². The standard InChI is InChI=1S/C3H6O2.Na/c1-2-3(4)5;/h2H2,1H3,(H,4,5);/i1+1;. The van der Waals surface area contributed by atoms with Crippen LogP contribution in [0.4, 0.5) is 0 Å². The third-order valence-electron chi connectivity index (χ3n) is 0.302. The van der Waals surface area contributed by atoms with Crippen molar-refractivity contribution >= 4 is 35.5 Å². The molecular weight excluding hydrogens is 92.0 g/mol. The summed E-state index contributed by atoms with van der Waals surface area (Å²) in [5.41, 5.74) is 0. The number of rotatable bonds is 1. The Morgan fingerprint density at radius 2 is 2.00 bits per heavy atom. The van der Waals surface area contributed by atoms with Gasteiger partial charge < -0.3 is 5.11 Å². The van der Waals surface area contributed by atoms with E-state index < -0.39 is 5.97 Å². The third-order valence-corrected chi connectivity index (χ3v) is 0.302. The van der Waals surface area contributed by atoms with Gasteiger partial charge in [0, 0.05) is 36.0 Å². The van der Waals surface area contributed by atoms with Gasteiger partial charge in [-0.2, -0.15) is 0 Å². The van der Waals surface area contributed by atoms with Crippen molar-refractivity contribution in [1.82, 2.24) is 0 Å². The van der Waals surface area contributed by atoms with Crippen LogP contribution in [0.15, 0.2) is 0 Å². The maximum Gasteiger partial charge on any atom is 0.303 e. The second kappa shape index (κ2) is 5.47. The quantitative estimate of drug-likeness (QED) is 0.373. The normalized spacial score (nSPS) is 6.17. The van der Waals surface area contributed by atoms with E-state index >= 15 is 0 Å². The molecule has 0 aliphatic carbocycles. The van der Waals surface area contributed by atoms with E-state index in [0.29, 0.717) is 0 Å². The molecular formula is C3H6NaO2. The van der Waals surface area contributed by atoms with E-state index in [1.54, 1.807) is 6.92 Å². The van der Waals surface area contributed by atoms with Crippen LogP contribution in [-0.2, 0) is 4.79 Å². The van der Waals surface area contributed by atoms with Crippen molar-refractivity contribution in [3.8, 4) is 0 Å². The molecule has 0 aromatic rings. The number of carboxylic acids is 1. The summed E-state index contributed by atoms with van der Waals surface area (Å²) in [6.45, 7) is 1.60. The van der Waals surface area contributed by atoms with E-state index in [2.05, 4.69) is 0 Å². The van der Waals surface area contributed by atoms with Gasteiger partial charge in [-0.1, -0.05) is 6.92 Å². The van der Waals surface area contributed by atoms with E-state index in [0.717, 1.165) is 0 Å². The molecule has 0 fully saturated rings. The molecule has 0 rings (SSSR count). The number of hydrogen-bond acceptors (Lipinski definition) is 1. The minimum atomic E-state index is -0.745. The van der Waals surface area contributed by atoms with Gasteiger partial charge in [0.1, 0.15) is 0 Å². The van der Waals surface area contributed by atoms with Crippen LogP contribution in [0.3, 0.4) is 0 Å². The first-order valence-corrected chi connectivity index (χ1v) is 1.49. The van der Waals surface area contributed by atoms with Crippen molar-refractivity contribution in [2.24, 2.45) is 0 Å². The molecule has 0 saturated carbocycles. The molecule has 0 spiro atoms. The van der Waals surface area contributed by atoms with Gasteiger partial charge in [0.15, 0.2) is 0 Å². The van der Waals surface area contributed by atoms with Crippen LogP contribution in [0, 0.1) is 0 Å². The van der Waals surface area contributed by atoms with Crippen LogP contribution < -0.4 is 0 Å². The van der Waals surface area contributed by atoms with Gasteiger partial charge >= 0.3 is 5.97 Å². The number of carboxylic acid groups (broad SMARTS) is 1. The molecule has 0 unspecified atom stereocenters. The molecule has 31 valence electrons. The topological polar surface area (TPSA) is 37.3 Å². The second-order valence-corrected chi connectivity index (χ2v) is 0.747. The van der Waals surface area contributed by atoms with Crippen molar-refractivity contribution < 1.29 is 9.90 Å². The summed E-state index contributed by atoms with van der Waals surface area (Å²) in [6.07, 6.45) is 0.222. The monoisotopic (exact) mass is 98.0 g/mol. The minimum absolute atomic E-state index is 0. The fourth-order valence-electron chi connectivity index (χ4n) is 0. The van der Waals surface area contributed by atoms with Crippen LogP contribution in [0.5, 0.6) is 0 Å². The Labute approximate surface area is 58.8 Å². The molecule has 6 heavy (non-hydrogen) atoms. The summed E-state index contributed by atoms with van der Waals surface area (Å²) < 4.78 is 0. The predicted molar refractivity (Wildman–Crippen MR) is 23.7 cm³/mol. The zero-order valence-electron chi connectivity index (χ0n) is 4.06. The largest absolute Gasteiger partial charge is 0.481 e. The molecule has 0 saturated heterocycles. The van der Waals surface area contributed by atoms with Crippen LogP contribution in [0.25, 0.3) is 0 Å².